The van der Waals surface area contributed by atoms with E-state index in [4.69, 9.17) is 21.4 Å². The van der Waals surface area contributed by atoms with Gasteiger partial charge < -0.3 is 9.84 Å². The van der Waals surface area contributed by atoms with Crippen LogP contribution < -0.4 is 4.74 Å². The van der Waals surface area contributed by atoms with Crippen LogP contribution in [0.3, 0.4) is 0 Å². The SMILES string of the molecule is CCC(C)S(=O)(=O)c1cc(Cl)cc(C(=O)O)c1OC. The minimum Gasteiger partial charge on any atom is -0.494 e. The van der Waals surface area contributed by atoms with E-state index < -0.39 is 21.1 Å². The van der Waals surface area contributed by atoms with Gasteiger partial charge in [0.05, 0.1) is 12.4 Å². The van der Waals surface area contributed by atoms with Crippen LogP contribution in [0.2, 0.25) is 5.02 Å². The Morgan fingerprint density at radius 3 is 2.47 bits per heavy atom. The number of hydrogen-bond donors (Lipinski definition) is 1. The van der Waals surface area contributed by atoms with Gasteiger partial charge in [0.2, 0.25) is 0 Å². The number of carboxylic acid groups (broad SMARTS) is 1. The zero-order valence-corrected chi connectivity index (χ0v) is 12.4. The highest BCUT2D eigenvalue weighted by atomic mass is 35.5. The standard InChI is InChI=1S/C12H15ClO5S/c1-4-7(2)19(16,17)10-6-8(13)5-9(12(14)15)11(10)18-3/h5-7H,4H2,1-3H3,(H,14,15). The molecule has 106 valence electrons. The van der Waals surface area contributed by atoms with Gasteiger partial charge in [-0.15, -0.1) is 0 Å². The van der Waals surface area contributed by atoms with Gasteiger partial charge in [-0.25, -0.2) is 13.2 Å². The highest BCUT2D eigenvalue weighted by molar-refractivity contribution is 7.92. The number of rotatable bonds is 5. The minimum absolute atomic E-state index is 0.0417. The molecule has 1 aromatic rings. The average Bonchev–Trinajstić information content (AvgIpc) is 2.36. The molecule has 1 atom stereocenters. The summed E-state index contributed by atoms with van der Waals surface area (Å²) >= 11 is 5.79. The maximum Gasteiger partial charge on any atom is 0.339 e. The van der Waals surface area contributed by atoms with Crippen LogP contribution >= 0.6 is 11.6 Å². The van der Waals surface area contributed by atoms with Gasteiger partial charge in [0, 0.05) is 5.02 Å². The summed E-state index contributed by atoms with van der Waals surface area (Å²) < 4.78 is 29.6. The van der Waals surface area contributed by atoms with E-state index in [1.54, 1.807) is 13.8 Å². The van der Waals surface area contributed by atoms with Gasteiger partial charge in [0.1, 0.15) is 10.5 Å². The zero-order valence-electron chi connectivity index (χ0n) is 10.8. The van der Waals surface area contributed by atoms with Crippen molar-refractivity contribution in [1.82, 2.24) is 0 Å². The molecule has 0 amide bonds. The number of aromatic carboxylic acids is 1. The first-order valence-corrected chi connectivity index (χ1v) is 7.52. The van der Waals surface area contributed by atoms with Crippen molar-refractivity contribution in [2.75, 3.05) is 7.11 Å². The normalized spacial score (nSPS) is 13.1. The van der Waals surface area contributed by atoms with Crippen LogP contribution in [0.5, 0.6) is 5.75 Å². The molecule has 0 aliphatic carbocycles. The molecular formula is C12H15ClO5S. The molecule has 0 fully saturated rings. The van der Waals surface area contributed by atoms with Crippen LogP contribution in [0.4, 0.5) is 0 Å². The van der Waals surface area contributed by atoms with E-state index in [0.717, 1.165) is 0 Å². The number of sulfone groups is 1. The maximum atomic E-state index is 12.3. The zero-order chi connectivity index (χ0) is 14.8. The Bertz CT molecular complexity index is 594. The molecule has 1 N–H and O–H groups in total. The van der Waals surface area contributed by atoms with Gasteiger partial charge in [0.25, 0.3) is 0 Å². The van der Waals surface area contributed by atoms with Gasteiger partial charge in [-0.3, -0.25) is 0 Å². The molecule has 0 spiro atoms. The first kappa shape index (κ1) is 15.8. The molecule has 1 rings (SSSR count). The van der Waals surface area contributed by atoms with E-state index in [0.29, 0.717) is 6.42 Å². The molecule has 1 aromatic carbocycles. The molecule has 7 heteroatoms. The molecule has 19 heavy (non-hydrogen) atoms. The van der Waals surface area contributed by atoms with Crippen molar-refractivity contribution in [2.24, 2.45) is 0 Å². The third-order valence-electron chi connectivity index (χ3n) is 2.87. The Kier molecular flexibility index (Phi) is 4.81. The second-order valence-electron chi connectivity index (χ2n) is 4.05. The highest BCUT2D eigenvalue weighted by Gasteiger charge is 2.29. The summed E-state index contributed by atoms with van der Waals surface area (Å²) in [6.07, 6.45) is 0.403. The van der Waals surface area contributed by atoms with Crippen molar-refractivity contribution in [3.05, 3.63) is 22.7 Å². The topological polar surface area (TPSA) is 80.7 Å². The van der Waals surface area contributed by atoms with Gasteiger partial charge >= 0.3 is 5.97 Å². The summed E-state index contributed by atoms with van der Waals surface area (Å²) in [5.74, 6) is -1.47. The second kappa shape index (κ2) is 5.79. The van der Waals surface area contributed by atoms with E-state index in [1.807, 2.05) is 0 Å². The van der Waals surface area contributed by atoms with Gasteiger partial charge in [-0.2, -0.15) is 0 Å². The monoisotopic (exact) mass is 306 g/mol. The molecule has 0 saturated heterocycles. The van der Waals surface area contributed by atoms with Crippen molar-refractivity contribution < 1.29 is 23.1 Å². The molecule has 0 radical (unpaired) electrons. The van der Waals surface area contributed by atoms with Crippen LogP contribution in [0.15, 0.2) is 17.0 Å². The summed E-state index contributed by atoms with van der Waals surface area (Å²) in [5.41, 5.74) is -0.267. The van der Waals surface area contributed by atoms with Crippen LogP contribution in [0.25, 0.3) is 0 Å². The van der Waals surface area contributed by atoms with E-state index in [2.05, 4.69) is 0 Å². The lowest BCUT2D eigenvalue weighted by atomic mass is 10.2. The van der Waals surface area contributed by atoms with Crippen molar-refractivity contribution in [1.29, 1.82) is 0 Å². The van der Waals surface area contributed by atoms with E-state index in [9.17, 15) is 13.2 Å². The average molecular weight is 307 g/mol. The van der Waals surface area contributed by atoms with Crippen LogP contribution in [0, 0.1) is 0 Å². The summed E-state index contributed by atoms with van der Waals surface area (Å²) in [5, 5.41) is 8.46. The Morgan fingerprint density at radius 2 is 2.05 bits per heavy atom. The fourth-order valence-electron chi connectivity index (χ4n) is 1.59. The van der Waals surface area contributed by atoms with Crippen LogP contribution in [-0.4, -0.2) is 31.9 Å². The molecule has 0 aromatic heterocycles. The number of ether oxygens (including phenoxy) is 1. The quantitative estimate of drug-likeness (QED) is 0.904. The predicted octanol–water partition coefficient (Wildman–Crippen LogP) is 2.62. The second-order valence-corrected chi connectivity index (χ2v) is 6.82. The van der Waals surface area contributed by atoms with Gasteiger partial charge in [-0.05, 0) is 25.5 Å². The van der Waals surface area contributed by atoms with E-state index >= 15 is 0 Å². The summed E-state index contributed by atoms with van der Waals surface area (Å²) in [4.78, 5) is 10.9. The Labute approximate surface area is 117 Å². The first-order valence-electron chi connectivity index (χ1n) is 5.60. The fraction of sp³-hybridized carbons (Fsp3) is 0.417. The number of benzene rings is 1. The lowest BCUT2D eigenvalue weighted by Gasteiger charge is -2.16. The van der Waals surface area contributed by atoms with Gasteiger partial charge in [-0.1, -0.05) is 18.5 Å². The molecule has 0 aliphatic heterocycles. The molecule has 0 aliphatic rings. The van der Waals surface area contributed by atoms with E-state index in [1.165, 1.54) is 19.2 Å². The number of methoxy groups -OCH3 is 1. The fourth-order valence-corrected chi connectivity index (χ4v) is 3.48. The molecule has 0 bridgehead atoms. The molecule has 5 nitrogen and oxygen atoms in total. The highest BCUT2D eigenvalue weighted by Crippen LogP contribution is 2.34. The van der Waals surface area contributed by atoms with Crippen molar-refractivity contribution in [3.63, 3.8) is 0 Å². The first-order chi connectivity index (χ1) is 8.75. The Hall–Kier alpha value is -1.27. The largest absolute Gasteiger partial charge is 0.494 e. The van der Waals surface area contributed by atoms with Crippen molar-refractivity contribution in [3.8, 4) is 5.75 Å². The lowest BCUT2D eigenvalue weighted by molar-refractivity contribution is 0.0693. The molecular weight excluding hydrogens is 292 g/mol. The summed E-state index contributed by atoms with van der Waals surface area (Å²) in [7, 11) is -2.46. The predicted molar refractivity (Wildman–Crippen MR) is 71.9 cm³/mol. The van der Waals surface area contributed by atoms with Crippen LogP contribution in [0.1, 0.15) is 30.6 Å². The third-order valence-corrected chi connectivity index (χ3v) is 5.39. The number of hydrogen-bond acceptors (Lipinski definition) is 4. The minimum atomic E-state index is -3.68. The Morgan fingerprint density at radius 1 is 1.47 bits per heavy atom. The van der Waals surface area contributed by atoms with Crippen molar-refractivity contribution >= 4 is 27.4 Å². The third kappa shape index (κ3) is 3.01. The maximum absolute atomic E-state index is 12.3. The van der Waals surface area contributed by atoms with E-state index in [-0.39, 0.29) is 21.2 Å². The van der Waals surface area contributed by atoms with Crippen molar-refractivity contribution in [2.45, 2.75) is 30.4 Å². The molecule has 0 saturated carbocycles. The Balaban J connectivity index is 3.65. The number of carboxylic acids is 1. The smallest absolute Gasteiger partial charge is 0.339 e. The summed E-state index contributed by atoms with van der Waals surface area (Å²) in [6.45, 7) is 3.29. The number of carbonyl (C=O) groups is 1. The summed E-state index contributed by atoms with van der Waals surface area (Å²) in [6, 6.07) is 2.38. The molecule has 0 heterocycles. The van der Waals surface area contributed by atoms with Crippen LogP contribution in [-0.2, 0) is 9.84 Å². The van der Waals surface area contributed by atoms with Gasteiger partial charge in [0.15, 0.2) is 15.6 Å². The lowest BCUT2D eigenvalue weighted by Crippen LogP contribution is -2.19. The number of halogens is 1. The molecule has 1 unspecified atom stereocenters.